The summed E-state index contributed by atoms with van der Waals surface area (Å²) in [6.07, 6.45) is 1.75. The van der Waals surface area contributed by atoms with Crippen molar-refractivity contribution in [3.8, 4) is 5.75 Å². The van der Waals surface area contributed by atoms with Crippen LogP contribution >= 0.6 is 0 Å². The number of pyridine rings is 1. The Morgan fingerprint density at radius 3 is 2.24 bits per heavy atom. The van der Waals surface area contributed by atoms with Crippen molar-refractivity contribution in [2.45, 2.75) is 0 Å². The molecule has 2 aromatic carbocycles. The number of rotatable bonds is 5. The molecule has 0 bridgehead atoms. The third kappa shape index (κ3) is 3.87. The molecule has 8 heteroatoms. The highest BCUT2D eigenvalue weighted by Crippen LogP contribution is 2.36. The van der Waals surface area contributed by atoms with Crippen molar-refractivity contribution in [2.24, 2.45) is 0 Å². The van der Waals surface area contributed by atoms with Crippen LogP contribution in [0.3, 0.4) is 0 Å². The number of hydrogen-bond acceptors (Lipinski definition) is 6. The minimum Gasteiger partial charge on any atom is -0.497 e. The number of anilines is 2. The molecule has 2 aliphatic heterocycles. The van der Waals surface area contributed by atoms with E-state index in [1.807, 2.05) is 23.1 Å². The van der Waals surface area contributed by atoms with Crippen molar-refractivity contribution in [1.82, 2.24) is 9.88 Å². The Balaban J connectivity index is 1.51. The smallest absolute Gasteiger partial charge is 0.282 e. The van der Waals surface area contributed by atoms with Crippen LogP contribution in [0, 0.1) is 5.82 Å². The molecule has 1 aromatic heterocycles. The lowest BCUT2D eigenvalue weighted by Gasteiger charge is -2.37. The fraction of sp³-hybridized carbons (Fsp3) is 0.192. The van der Waals surface area contributed by atoms with E-state index in [4.69, 9.17) is 4.74 Å². The first-order valence-corrected chi connectivity index (χ1v) is 11.0. The van der Waals surface area contributed by atoms with Gasteiger partial charge in [0.05, 0.1) is 18.4 Å². The summed E-state index contributed by atoms with van der Waals surface area (Å²) in [6.45, 7) is 2.39. The lowest BCUT2D eigenvalue weighted by molar-refractivity contribution is -0.120. The van der Waals surface area contributed by atoms with Crippen LogP contribution < -0.4 is 14.5 Å². The summed E-state index contributed by atoms with van der Waals surface area (Å²) in [7, 11) is 1.57. The van der Waals surface area contributed by atoms with Gasteiger partial charge in [-0.1, -0.05) is 24.3 Å². The number of ether oxygens (including phenoxy) is 1. The van der Waals surface area contributed by atoms with E-state index in [9.17, 15) is 14.0 Å². The topological polar surface area (TPSA) is 66.0 Å². The molecule has 0 saturated carbocycles. The fourth-order valence-electron chi connectivity index (χ4n) is 4.38. The van der Waals surface area contributed by atoms with Gasteiger partial charge in [0.1, 0.15) is 23.1 Å². The first-order valence-electron chi connectivity index (χ1n) is 11.0. The number of methoxy groups -OCH3 is 1. The summed E-state index contributed by atoms with van der Waals surface area (Å²) in [5.41, 5.74) is 1.46. The van der Waals surface area contributed by atoms with Gasteiger partial charge in [0.2, 0.25) is 0 Å². The number of halogens is 1. The second kappa shape index (κ2) is 8.97. The third-order valence-corrected chi connectivity index (χ3v) is 6.07. The van der Waals surface area contributed by atoms with Crippen LogP contribution in [-0.4, -0.2) is 55.0 Å². The Labute approximate surface area is 196 Å². The maximum absolute atomic E-state index is 13.9. The van der Waals surface area contributed by atoms with Crippen molar-refractivity contribution in [1.29, 1.82) is 0 Å². The van der Waals surface area contributed by atoms with Gasteiger partial charge in [0.15, 0.2) is 0 Å². The van der Waals surface area contributed by atoms with Gasteiger partial charge >= 0.3 is 0 Å². The number of imide groups is 1. The van der Waals surface area contributed by atoms with Gasteiger partial charge < -0.3 is 14.5 Å². The van der Waals surface area contributed by atoms with Crippen molar-refractivity contribution < 1.29 is 18.7 Å². The molecular weight excluding hydrogens is 435 g/mol. The highest BCUT2D eigenvalue weighted by molar-refractivity contribution is 6.45. The van der Waals surface area contributed by atoms with Gasteiger partial charge in [-0.25, -0.2) is 14.3 Å². The van der Waals surface area contributed by atoms with Crippen LogP contribution in [0.2, 0.25) is 0 Å². The van der Waals surface area contributed by atoms with E-state index >= 15 is 0 Å². The van der Waals surface area contributed by atoms with E-state index in [0.717, 1.165) is 10.7 Å². The normalized spacial score (nSPS) is 16.5. The van der Waals surface area contributed by atoms with Crippen LogP contribution in [-0.2, 0) is 9.59 Å². The predicted molar refractivity (Wildman–Crippen MR) is 127 cm³/mol. The average molecular weight is 458 g/mol. The van der Waals surface area contributed by atoms with Gasteiger partial charge in [0, 0.05) is 32.4 Å². The van der Waals surface area contributed by atoms with E-state index in [1.54, 1.807) is 43.6 Å². The third-order valence-electron chi connectivity index (χ3n) is 6.07. The van der Waals surface area contributed by atoms with Gasteiger partial charge in [-0.15, -0.1) is 0 Å². The summed E-state index contributed by atoms with van der Waals surface area (Å²) in [5, 5.41) is 0. The van der Waals surface area contributed by atoms with E-state index < -0.39 is 17.6 Å². The van der Waals surface area contributed by atoms with Crippen molar-refractivity contribution >= 4 is 28.9 Å². The van der Waals surface area contributed by atoms with Crippen LogP contribution in [0.5, 0.6) is 5.75 Å². The molecule has 0 spiro atoms. The Kier molecular flexibility index (Phi) is 5.71. The van der Waals surface area contributed by atoms with Crippen molar-refractivity contribution in [3.05, 3.63) is 90.0 Å². The monoisotopic (exact) mass is 458 g/mol. The minimum absolute atomic E-state index is 0.211. The van der Waals surface area contributed by atoms with Crippen molar-refractivity contribution in [2.75, 3.05) is 43.1 Å². The maximum atomic E-state index is 13.9. The number of piperazine rings is 1. The summed E-state index contributed by atoms with van der Waals surface area (Å²) in [4.78, 5) is 36.7. The van der Waals surface area contributed by atoms with Crippen molar-refractivity contribution in [3.63, 3.8) is 0 Å². The molecular formula is C26H23FN4O3. The van der Waals surface area contributed by atoms with Gasteiger partial charge in [-0.2, -0.15) is 0 Å². The van der Waals surface area contributed by atoms with Gasteiger partial charge in [0.25, 0.3) is 11.8 Å². The highest BCUT2D eigenvalue weighted by atomic mass is 19.1. The molecule has 3 heterocycles. The molecule has 34 heavy (non-hydrogen) atoms. The minimum atomic E-state index is -0.512. The summed E-state index contributed by atoms with van der Waals surface area (Å²) >= 11 is 0. The lowest BCUT2D eigenvalue weighted by Crippen LogP contribution is -2.48. The quantitative estimate of drug-likeness (QED) is 0.547. The highest BCUT2D eigenvalue weighted by Gasteiger charge is 2.43. The largest absolute Gasteiger partial charge is 0.497 e. The molecule has 0 atom stereocenters. The van der Waals surface area contributed by atoms with Crippen LogP contribution in [0.25, 0.3) is 5.57 Å². The van der Waals surface area contributed by atoms with E-state index in [2.05, 4.69) is 9.88 Å². The number of aromatic nitrogens is 1. The van der Waals surface area contributed by atoms with Gasteiger partial charge in [-0.3, -0.25) is 9.59 Å². The SMILES string of the molecule is COc1ccc(C2=C(N3CCN(c4ccccn4)CC3)C(=O)N(c3cccc(F)c3)C2=O)cc1. The number of carbonyl (C=O) groups is 2. The van der Waals surface area contributed by atoms with Crippen LogP contribution in [0.15, 0.2) is 78.6 Å². The molecule has 5 rings (SSSR count). The molecule has 172 valence electrons. The van der Waals surface area contributed by atoms with E-state index in [0.29, 0.717) is 48.8 Å². The molecule has 2 aliphatic rings. The molecule has 0 aliphatic carbocycles. The second-order valence-electron chi connectivity index (χ2n) is 8.04. The first-order chi connectivity index (χ1) is 16.6. The lowest BCUT2D eigenvalue weighted by atomic mass is 10.0. The summed E-state index contributed by atoms with van der Waals surface area (Å²) < 4.78 is 19.2. The maximum Gasteiger partial charge on any atom is 0.282 e. The predicted octanol–water partition coefficient (Wildman–Crippen LogP) is 3.34. The first kappa shape index (κ1) is 21.6. The molecule has 0 radical (unpaired) electrons. The number of carbonyl (C=O) groups excluding carboxylic acids is 2. The van der Waals surface area contributed by atoms with Crippen LogP contribution in [0.4, 0.5) is 15.9 Å². The molecule has 0 unspecified atom stereocenters. The Morgan fingerprint density at radius 2 is 1.59 bits per heavy atom. The fourth-order valence-corrected chi connectivity index (χ4v) is 4.38. The molecule has 0 N–H and O–H groups in total. The Bertz CT molecular complexity index is 1250. The Hall–Kier alpha value is -4.20. The van der Waals surface area contributed by atoms with E-state index in [-0.39, 0.29) is 5.69 Å². The molecule has 2 amide bonds. The van der Waals surface area contributed by atoms with Gasteiger partial charge in [-0.05, 0) is 48.0 Å². The molecule has 1 saturated heterocycles. The standard InChI is InChI=1S/C26H23FN4O3/c1-34-21-10-8-18(9-11-21)23-24(26(33)31(25(23)32)20-6-4-5-19(27)17-20)30-15-13-29(14-16-30)22-7-2-3-12-28-22/h2-12,17H,13-16H2,1H3. The van der Waals surface area contributed by atoms with Crippen LogP contribution in [0.1, 0.15) is 5.56 Å². The molecule has 1 fully saturated rings. The number of benzene rings is 2. The zero-order chi connectivity index (χ0) is 23.7. The average Bonchev–Trinajstić information content (AvgIpc) is 3.14. The number of hydrogen-bond donors (Lipinski definition) is 0. The molecule has 3 aromatic rings. The zero-order valence-electron chi connectivity index (χ0n) is 18.6. The van der Waals surface area contributed by atoms with E-state index in [1.165, 1.54) is 18.2 Å². The Morgan fingerprint density at radius 1 is 0.853 bits per heavy atom. The zero-order valence-corrected chi connectivity index (χ0v) is 18.6. The molecule has 7 nitrogen and oxygen atoms in total. The number of nitrogens with zero attached hydrogens (tertiary/aromatic N) is 4. The number of amides is 2. The summed E-state index contributed by atoms with van der Waals surface area (Å²) in [6, 6.07) is 18.3. The second-order valence-corrected chi connectivity index (χ2v) is 8.04. The summed E-state index contributed by atoms with van der Waals surface area (Å²) in [5.74, 6) is 0.0903.